The zero-order chi connectivity index (χ0) is 20.4. The summed E-state index contributed by atoms with van der Waals surface area (Å²) in [4.78, 5) is 26.0. The molecule has 144 valence electrons. The van der Waals surface area contributed by atoms with Gasteiger partial charge in [0.05, 0.1) is 5.71 Å². The summed E-state index contributed by atoms with van der Waals surface area (Å²) in [5.74, 6) is -1.10. The van der Waals surface area contributed by atoms with E-state index in [-0.39, 0.29) is 30.1 Å². The van der Waals surface area contributed by atoms with Gasteiger partial charge in [0.2, 0.25) is 5.84 Å². The first kappa shape index (κ1) is 22.4. The summed E-state index contributed by atoms with van der Waals surface area (Å²) in [6, 6.07) is 6.78. The zero-order valence-electron chi connectivity index (χ0n) is 14.8. The van der Waals surface area contributed by atoms with Crippen LogP contribution in [0, 0.1) is 0 Å². The van der Waals surface area contributed by atoms with Gasteiger partial charge in [0, 0.05) is 36.2 Å². The molecule has 0 unspecified atom stereocenters. The summed E-state index contributed by atoms with van der Waals surface area (Å²) in [6.45, 7) is 4.29. The van der Waals surface area contributed by atoms with Gasteiger partial charge in [-0.05, 0) is 19.7 Å². The van der Waals surface area contributed by atoms with Gasteiger partial charge in [0.15, 0.2) is 6.29 Å². The van der Waals surface area contributed by atoms with Crippen molar-refractivity contribution in [3.8, 4) is 0 Å². The summed E-state index contributed by atoms with van der Waals surface area (Å²) in [5.41, 5.74) is 1.06. The average molecular weight is 399 g/mol. The number of alkyl halides is 3. The molecule has 0 heterocycles. The summed E-state index contributed by atoms with van der Waals surface area (Å²) in [5, 5.41) is 0.376. The van der Waals surface area contributed by atoms with E-state index >= 15 is 0 Å². The number of benzene rings is 1. The third-order valence-electron chi connectivity index (χ3n) is 3.34. The quantitative estimate of drug-likeness (QED) is 0.304. The minimum absolute atomic E-state index is 0.00933. The highest BCUT2D eigenvalue weighted by Crippen LogP contribution is 2.20. The summed E-state index contributed by atoms with van der Waals surface area (Å²) < 4.78 is 37.9. The maximum atomic E-state index is 12.6. The number of allylic oxidation sites excluding steroid dienone is 2. The molecule has 1 aromatic rings. The molecule has 27 heavy (non-hydrogen) atoms. The number of amidine groups is 2. The van der Waals surface area contributed by atoms with E-state index in [9.17, 15) is 18.0 Å². The van der Waals surface area contributed by atoms with Crippen LogP contribution in [0.2, 0.25) is 5.02 Å². The molecule has 0 bridgehead atoms. The third-order valence-corrected chi connectivity index (χ3v) is 3.67. The van der Waals surface area contributed by atoms with E-state index in [1.807, 2.05) is 0 Å². The first-order chi connectivity index (χ1) is 12.8. The van der Waals surface area contributed by atoms with Crippen LogP contribution in [-0.4, -0.2) is 50.2 Å². The highest BCUT2D eigenvalue weighted by atomic mass is 35.5. The molecule has 5 nitrogen and oxygen atoms in total. The van der Waals surface area contributed by atoms with Gasteiger partial charge >= 0.3 is 6.18 Å². The highest BCUT2D eigenvalue weighted by molar-refractivity contribution is 6.37. The highest BCUT2D eigenvalue weighted by Gasteiger charge is 2.35. The summed E-state index contributed by atoms with van der Waals surface area (Å²) in [6.07, 6.45) is -2.48. The number of hydrogen-bond donors (Lipinski definition) is 0. The zero-order valence-corrected chi connectivity index (χ0v) is 15.6. The second kappa shape index (κ2) is 10.5. The van der Waals surface area contributed by atoms with Crippen LogP contribution in [0.4, 0.5) is 13.2 Å². The largest absolute Gasteiger partial charge is 0.451 e. The van der Waals surface area contributed by atoms with Crippen molar-refractivity contribution in [1.82, 2.24) is 0 Å². The Bertz CT molecular complexity index is 811. The maximum Gasteiger partial charge on any atom is 0.451 e. The smallest absolute Gasteiger partial charge is 0.298 e. The Morgan fingerprint density at radius 1 is 1.30 bits per heavy atom. The molecule has 1 rings (SSSR count). The van der Waals surface area contributed by atoms with Crippen LogP contribution in [0.1, 0.15) is 18.9 Å². The van der Waals surface area contributed by atoms with Crippen LogP contribution in [-0.2, 0) is 4.79 Å². The number of carbonyl (C=O) groups is 1. The lowest BCUT2D eigenvalue weighted by Crippen LogP contribution is -2.21. The van der Waals surface area contributed by atoms with Crippen molar-refractivity contribution in [3.05, 3.63) is 46.5 Å². The molecule has 0 saturated heterocycles. The molecule has 0 aliphatic heterocycles. The van der Waals surface area contributed by atoms with Crippen molar-refractivity contribution in [3.63, 3.8) is 0 Å². The Labute approximate surface area is 160 Å². The van der Waals surface area contributed by atoms with Crippen LogP contribution in [0.5, 0.6) is 0 Å². The molecule has 0 N–H and O–H groups in total. The van der Waals surface area contributed by atoms with Crippen LogP contribution >= 0.6 is 11.6 Å². The molecule has 0 atom stereocenters. The molecule has 0 saturated carbocycles. The van der Waals surface area contributed by atoms with Gasteiger partial charge in [-0.15, -0.1) is 0 Å². The molecule has 0 spiro atoms. The topological polar surface area (TPSA) is 66.5 Å². The van der Waals surface area contributed by atoms with Crippen molar-refractivity contribution >= 4 is 42.0 Å². The van der Waals surface area contributed by atoms with Gasteiger partial charge in [-0.2, -0.15) is 13.2 Å². The average Bonchev–Trinajstić information content (AvgIpc) is 2.63. The van der Waals surface area contributed by atoms with E-state index in [1.54, 1.807) is 37.3 Å². The van der Waals surface area contributed by atoms with Crippen molar-refractivity contribution in [2.24, 2.45) is 20.0 Å². The Balaban J connectivity index is 3.21. The fourth-order valence-electron chi connectivity index (χ4n) is 2.03. The molecular weight excluding hydrogens is 381 g/mol. The normalized spacial score (nSPS) is 14.3. The van der Waals surface area contributed by atoms with Crippen LogP contribution < -0.4 is 0 Å². The van der Waals surface area contributed by atoms with Crippen LogP contribution in [0.3, 0.4) is 0 Å². The van der Waals surface area contributed by atoms with E-state index in [0.29, 0.717) is 16.9 Å². The Kier molecular flexibility index (Phi) is 8.74. The molecule has 0 aromatic heterocycles. The van der Waals surface area contributed by atoms with Gasteiger partial charge in [-0.1, -0.05) is 35.9 Å². The maximum absolute atomic E-state index is 12.6. The molecule has 0 fully saturated rings. The van der Waals surface area contributed by atoms with E-state index in [4.69, 9.17) is 11.6 Å². The van der Waals surface area contributed by atoms with Gasteiger partial charge in [-0.3, -0.25) is 14.8 Å². The first-order valence-corrected chi connectivity index (χ1v) is 8.15. The number of nitrogens with zero attached hydrogens (tertiary/aromatic N) is 4. The lowest BCUT2D eigenvalue weighted by atomic mass is 10.0. The van der Waals surface area contributed by atoms with Gasteiger partial charge in [-0.25, -0.2) is 9.98 Å². The predicted molar refractivity (Wildman–Crippen MR) is 104 cm³/mol. The van der Waals surface area contributed by atoms with E-state index in [1.165, 1.54) is 7.05 Å². The van der Waals surface area contributed by atoms with Gasteiger partial charge in [0.25, 0.3) is 0 Å². The van der Waals surface area contributed by atoms with E-state index < -0.39 is 12.0 Å². The molecule has 9 heteroatoms. The number of rotatable bonds is 6. The fraction of sp³-hybridized carbons (Fsp3) is 0.278. The van der Waals surface area contributed by atoms with Crippen molar-refractivity contribution < 1.29 is 18.0 Å². The number of halogens is 4. The third kappa shape index (κ3) is 6.56. The SMILES string of the molecule is C=N/C(=N\CCC(=N/C)/N=C(\C(C=O)=C/C)c1ccccc1Cl)C(F)(F)F. The van der Waals surface area contributed by atoms with E-state index in [2.05, 4.69) is 26.7 Å². The lowest BCUT2D eigenvalue weighted by Gasteiger charge is -2.10. The van der Waals surface area contributed by atoms with Gasteiger partial charge in [0.1, 0.15) is 5.84 Å². The van der Waals surface area contributed by atoms with Crippen molar-refractivity contribution in [2.45, 2.75) is 19.5 Å². The second-order valence-electron chi connectivity index (χ2n) is 5.05. The molecule has 0 radical (unpaired) electrons. The van der Waals surface area contributed by atoms with Crippen molar-refractivity contribution in [2.75, 3.05) is 13.6 Å². The molecule has 0 amide bonds. The van der Waals surface area contributed by atoms with Gasteiger partial charge < -0.3 is 0 Å². The monoisotopic (exact) mass is 398 g/mol. The van der Waals surface area contributed by atoms with E-state index in [0.717, 1.165) is 0 Å². The molecule has 1 aromatic carbocycles. The minimum Gasteiger partial charge on any atom is -0.298 e. The Morgan fingerprint density at radius 3 is 2.44 bits per heavy atom. The Morgan fingerprint density at radius 2 is 1.96 bits per heavy atom. The lowest BCUT2D eigenvalue weighted by molar-refractivity contribution is -0.104. The summed E-state index contributed by atoms with van der Waals surface area (Å²) in [7, 11) is 1.44. The standard InChI is InChI=1S/C18H18ClF3N4O/c1-4-12(11-27)16(13-7-5-6-8-14(13)19)26-15(23-2)9-10-25-17(24-3)18(20,21)22/h4-8,11H,3,9-10H2,1-2H3/b12-4-,23-15-,25-17-,26-16+. The number of aldehydes is 1. The Hall–Kier alpha value is -2.61. The minimum atomic E-state index is -4.67. The fourth-order valence-corrected chi connectivity index (χ4v) is 2.26. The van der Waals surface area contributed by atoms with Crippen LogP contribution in [0.15, 0.2) is 55.9 Å². The molecular formula is C18H18ClF3N4O. The molecule has 0 aliphatic rings. The second-order valence-corrected chi connectivity index (χ2v) is 5.46. The number of hydrogen-bond acceptors (Lipinski definition) is 3. The number of aliphatic imine (C=N–C) groups is 4. The summed E-state index contributed by atoms with van der Waals surface area (Å²) >= 11 is 6.19. The predicted octanol–water partition coefficient (Wildman–Crippen LogP) is 4.35. The van der Waals surface area contributed by atoms with Crippen LogP contribution in [0.25, 0.3) is 0 Å². The van der Waals surface area contributed by atoms with Crippen molar-refractivity contribution in [1.29, 1.82) is 0 Å². The molecule has 0 aliphatic carbocycles. The number of carbonyl (C=O) groups excluding carboxylic acids is 1. The first-order valence-electron chi connectivity index (χ1n) is 7.77.